The van der Waals surface area contributed by atoms with Crippen molar-refractivity contribution in [2.45, 2.75) is 6.54 Å². The highest BCUT2D eigenvalue weighted by Crippen LogP contribution is 2.17. The van der Waals surface area contributed by atoms with Gasteiger partial charge in [0.15, 0.2) is 0 Å². The molecule has 2 aromatic rings. The van der Waals surface area contributed by atoms with E-state index in [4.69, 9.17) is 11.6 Å². The molecule has 0 heterocycles. The summed E-state index contributed by atoms with van der Waals surface area (Å²) >= 11 is 9.02. The molecule has 1 amide bonds. The Labute approximate surface area is 123 Å². The molecule has 0 saturated carbocycles. The van der Waals surface area contributed by atoms with Gasteiger partial charge in [-0.05, 0) is 45.8 Å². The Balaban J connectivity index is 2.05. The maximum atomic E-state index is 13.3. The Bertz CT molecular complexity index is 618. The third kappa shape index (κ3) is 3.55. The second-order valence-corrected chi connectivity index (χ2v) is 5.16. The van der Waals surface area contributed by atoms with Crippen molar-refractivity contribution in [3.63, 3.8) is 0 Å². The first-order valence-corrected chi connectivity index (χ1v) is 6.71. The maximum absolute atomic E-state index is 13.3. The summed E-state index contributed by atoms with van der Waals surface area (Å²) in [6.07, 6.45) is 0. The lowest BCUT2D eigenvalue weighted by Gasteiger charge is -2.07. The minimum atomic E-state index is -0.467. The molecule has 98 valence electrons. The number of nitrogens with one attached hydrogen (secondary N) is 1. The number of carbonyl (C=O) groups excluding carboxylic acids is 1. The van der Waals surface area contributed by atoms with Gasteiger partial charge in [-0.1, -0.05) is 29.8 Å². The second kappa shape index (κ2) is 6.17. The highest BCUT2D eigenvalue weighted by molar-refractivity contribution is 9.10. The summed E-state index contributed by atoms with van der Waals surface area (Å²) in [5.41, 5.74) is 1.09. The normalized spacial score (nSPS) is 10.3. The molecule has 0 fully saturated rings. The van der Waals surface area contributed by atoms with Gasteiger partial charge in [0.05, 0.1) is 4.47 Å². The van der Waals surface area contributed by atoms with E-state index in [2.05, 4.69) is 21.2 Å². The molecule has 0 spiro atoms. The second-order valence-electron chi connectivity index (χ2n) is 3.90. The maximum Gasteiger partial charge on any atom is 0.251 e. The molecule has 0 atom stereocenters. The van der Waals surface area contributed by atoms with Crippen LogP contribution in [0.5, 0.6) is 0 Å². The van der Waals surface area contributed by atoms with E-state index in [1.165, 1.54) is 12.1 Å². The first kappa shape index (κ1) is 14.0. The molecule has 1 N–H and O–H groups in total. The monoisotopic (exact) mass is 341 g/mol. The van der Waals surface area contributed by atoms with Crippen LogP contribution in [0.4, 0.5) is 4.39 Å². The van der Waals surface area contributed by atoms with Crippen molar-refractivity contribution in [1.29, 1.82) is 0 Å². The number of hydrogen-bond donors (Lipinski definition) is 1. The Kier molecular flexibility index (Phi) is 4.56. The van der Waals surface area contributed by atoms with E-state index in [0.29, 0.717) is 16.0 Å². The van der Waals surface area contributed by atoms with Crippen molar-refractivity contribution in [1.82, 2.24) is 5.32 Å². The molecule has 2 rings (SSSR count). The van der Waals surface area contributed by atoms with Crippen molar-refractivity contribution in [2.24, 2.45) is 0 Å². The fraction of sp³-hybridized carbons (Fsp3) is 0.0714. The van der Waals surface area contributed by atoms with Gasteiger partial charge in [-0.15, -0.1) is 0 Å². The first-order chi connectivity index (χ1) is 9.08. The highest BCUT2D eigenvalue weighted by Gasteiger charge is 2.09. The van der Waals surface area contributed by atoms with Crippen LogP contribution >= 0.6 is 27.5 Å². The van der Waals surface area contributed by atoms with Crippen LogP contribution in [0.25, 0.3) is 0 Å². The van der Waals surface area contributed by atoms with Gasteiger partial charge < -0.3 is 5.32 Å². The topological polar surface area (TPSA) is 29.1 Å². The molecule has 0 aliphatic carbocycles. The van der Waals surface area contributed by atoms with Gasteiger partial charge in [0, 0.05) is 17.1 Å². The van der Waals surface area contributed by atoms with Crippen LogP contribution < -0.4 is 5.32 Å². The molecule has 19 heavy (non-hydrogen) atoms. The van der Waals surface area contributed by atoms with Gasteiger partial charge in [-0.2, -0.15) is 0 Å². The van der Waals surface area contributed by atoms with E-state index in [1.807, 2.05) is 18.2 Å². The van der Waals surface area contributed by atoms with E-state index >= 15 is 0 Å². The molecule has 0 saturated heterocycles. The van der Waals surface area contributed by atoms with E-state index in [1.54, 1.807) is 12.1 Å². The molecule has 0 radical (unpaired) electrons. The third-order valence-corrected chi connectivity index (χ3v) is 3.59. The lowest BCUT2D eigenvalue weighted by Crippen LogP contribution is -2.23. The number of amides is 1. The van der Waals surface area contributed by atoms with Crippen LogP contribution in [-0.4, -0.2) is 5.91 Å². The Morgan fingerprint density at radius 1 is 1.26 bits per heavy atom. The van der Waals surface area contributed by atoms with E-state index in [-0.39, 0.29) is 11.5 Å². The summed E-state index contributed by atoms with van der Waals surface area (Å²) in [6.45, 7) is 0.302. The van der Waals surface area contributed by atoms with Crippen molar-refractivity contribution < 1.29 is 9.18 Å². The smallest absolute Gasteiger partial charge is 0.251 e. The summed E-state index contributed by atoms with van der Waals surface area (Å²) < 4.78 is 13.6. The number of benzene rings is 2. The van der Waals surface area contributed by atoms with E-state index in [0.717, 1.165) is 5.56 Å². The summed E-state index contributed by atoms with van der Waals surface area (Å²) in [5, 5.41) is 3.29. The van der Waals surface area contributed by atoms with Crippen LogP contribution in [-0.2, 0) is 6.54 Å². The first-order valence-electron chi connectivity index (χ1n) is 5.54. The van der Waals surface area contributed by atoms with Gasteiger partial charge in [-0.25, -0.2) is 4.39 Å². The van der Waals surface area contributed by atoms with Gasteiger partial charge in [0.2, 0.25) is 0 Å². The van der Waals surface area contributed by atoms with E-state index in [9.17, 15) is 9.18 Å². The zero-order chi connectivity index (χ0) is 13.8. The minimum Gasteiger partial charge on any atom is -0.348 e. The number of carbonyl (C=O) groups is 1. The molecule has 2 nitrogen and oxygen atoms in total. The molecule has 0 bridgehead atoms. The Hall–Kier alpha value is -1.39. The van der Waals surface area contributed by atoms with Crippen LogP contribution in [0.15, 0.2) is 46.9 Å². The van der Waals surface area contributed by atoms with Crippen molar-refractivity contribution in [3.05, 3.63) is 68.9 Å². The fourth-order valence-electron chi connectivity index (χ4n) is 1.56. The predicted octanol–water partition coefficient (Wildman–Crippen LogP) is 4.17. The molecule has 2 aromatic carbocycles. The van der Waals surface area contributed by atoms with Crippen LogP contribution in [0.3, 0.4) is 0 Å². The summed E-state index contributed by atoms with van der Waals surface area (Å²) in [7, 11) is 0. The average Bonchev–Trinajstić information content (AvgIpc) is 2.40. The molecule has 5 heteroatoms. The van der Waals surface area contributed by atoms with Crippen LogP contribution in [0.2, 0.25) is 5.02 Å². The largest absolute Gasteiger partial charge is 0.348 e. The Morgan fingerprint density at radius 2 is 2.00 bits per heavy atom. The zero-order valence-electron chi connectivity index (χ0n) is 9.79. The predicted molar refractivity (Wildman–Crippen MR) is 76.7 cm³/mol. The summed E-state index contributed by atoms with van der Waals surface area (Å²) in [5.74, 6) is -0.809. The quantitative estimate of drug-likeness (QED) is 0.891. The number of rotatable bonds is 3. The lowest BCUT2D eigenvalue weighted by atomic mass is 10.2. The van der Waals surface area contributed by atoms with Crippen molar-refractivity contribution in [3.8, 4) is 0 Å². The SMILES string of the molecule is O=C(NCc1ccccc1Cl)c1ccc(Br)c(F)c1. The molecule has 0 aliphatic heterocycles. The van der Waals surface area contributed by atoms with Gasteiger partial charge >= 0.3 is 0 Å². The molecule has 0 aromatic heterocycles. The third-order valence-electron chi connectivity index (χ3n) is 2.58. The highest BCUT2D eigenvalue weighted by atomic mass is 79.9. The van der Waals surface area contributed by atoms with Crippen molar-refractivity contribution >= 4 is 33.4 Å². The summed E-state index contributed by atoms with van der Waals surface area (Å²) in [4.78, 5) is 11.9. The molecular weight excluding hydrogens is 333 g/mol. The van der Waals surface area contributed by atoms with Gasteiger partial charge in [-0.3, -0.25) is 4.79 Å². The lowest BCUT2D eigenvalue weighted by molar-refractivity contribution is 0.0950. The van der Waals surface area contributed by atoms with Crippen molar-refractivity contribution in [2.75, 3.05) is 0 Å². The van der Waals surface area contributed by atoms with E-state index < -0.39 is 5.82 Å². The fourth-order valence-corrected chi connectivity index (χ4v) is 2.01. The Morgan fingerprint density at radius 3 is 2.68 bits per heavy atom. The van der Waals surface area contributed by atoms with Crippen LogP contribution in [0, 0.1) is 5.82 Å². The van der Waals surface area contributed by atoms with Gasteiger partial charge in [0.25, 0.3) is 5.91 Å². The average molecular weight is 343 g/mol. The minimum absolute atomic E-state index is 0.271. The van der Waals surface area contributed by atoms with Gasteiger partial charge in [0.1, 0.15) is 5.82 Å². The number of hydrogen-bond acceptors (Lipinski definition) is 1. The molecule has 0 aliphatic rings. The molecular formula is C14H10BrClFNO. The van der Waals surface area contributed by atoms with Crippen LogP contribution in [0.1, 0.15) is 15.9 Å². The standard InChI is InChI=1S/C14H10BrClFNO/c15-11-6-5-9(7-13(11)17)14(19)18-8-10-3-1-2-4-12(10)16/h1-7H,8H2,(H,18,19). The molecule has 0 unspecified atom stereocenters. The zero-order valence-corrected chi connectivity index (χ0v) is 12.1. The number of halogens is 3. The summed E-state index contributed by atoms with van der Waals surface area (Å²) in [6, 6.07) is 11.5.